The molecule has 0 bridgehead atoms. The normalized spacial score (nSPS) is 14.5. The first-order chi connectivity index (χ1) is 56.9. The molecule has 2 aliphatic rings. The molecule has 0 atom stereocenters. The summed E-state index contributed by atoms with van der Waals surface area (Å²) in [5.74, 6) is 0. The van der Waals surface area contributed by atoms with Crippen molar-refractivity contribution >= 4 is 79.0 Å². The molecule has 4 nitrogen and oxygen atoms in total. The number of pyridine rings is 1. The van der Waals surface area contributed by atoms with Gasteiger partial charge in [-0.05, 0) is 206 Å². The first-order valence-corrected chi connectivity index (χ1v) is 40.9. The summed E-state index contributed by atoms with van der Waals surface area (Å²) < 4.78 is 78.8. The number of nitrogens with zero attached hydrogens (tertiary/aromatic N) is 4. The summed E-state index contributed by atoms with van der Waals surface area (Å²) in [6.45, 7) is 54.4. The first kappa shape index (κ1) is 67.7. The van der Waals surface area contributed by atoms with Crippen molar-refractivity contribution < 1.29 is 11.0 Å². The lowest BCUT2D eigenvalue weighted by atomic mass is 9.33. The van der Waals surface area contributed by atoms with E-state index in [4.69, 9.17) is 4.98 Å². The average Bonchev–Trinajstić information content (AvgIpc) is 1.07. The van der Waals surface area contributed by atoms with Crippen LogP contribution in [0.15, 0.2) is 261 Å². The number of fused-ring (bicyclic) bond motifs is 7. The van der Waals surface area contributed by atoms with Gasteiger partial charge in [0, 0.05) is 83.7 Å². The first-order valence-electron chi connectivity index (χ1n) is 44.9. The van der Waals surface area contributed by atoms with Gasteiger partial charge >= 0.3 is 0 Å². The van der Waals surface area contributed by atoms with Gasteiger partial charge in [0.05, 0.1) is 33.4 Å². The number of hydrogen-bond donors (Lipinski definition) is 0. The molecule has 4 heterocycles. The van der Waals surface area contributed by atoms with E-state index in [9.17, 15) is 11.0 Å². The predicted octanol–water partition coefficient (Wildman–Crippen LogP) is 28.6. The van der Waals surface area contributed by atoms with Crippen molar-refractivity contribution in [1.82, 2.24) is 9.55 Å². The summed E-state index contributed by atoms with van der Waals surface area (Å²) in [7, 11) is 0. The molecule has 574 valence electrons. The van der Waals surface area contributed by atoms with Crippen LogP contribution in [-0.4, -0.2) is 16.3 Å². The number of rotatable bonds is 9. The zero-order chi connectivity index (χ0) is 88.0. The third-order valence-electron chi connectivity index (χ3n) is 23.7. The summed E-state index contributed by atoms with van der Waals surface area (Å²) in [5.41, 5.74) is 27.9. The quantitative estimate of drug-likeness (QED) is 0.135. The van der Waals surface area contributed by atoms with Gasteiger partial charge in [0.25, 0.3) is 6.71 Å². The van der Waals surface area contributed by atoms with Crippen LogP contribution in [0.25, 0.3) is 94.3 Å². The Bertz CT molecular complexity index is 6390. The Kier molecular flexibility index (Phi) is 16.3. The van der Waals surface area contributed by atoms with Crippen LogP contribution in [0.5, 0.6) is 0 Å². The van der Waals surface area contributed by atoms with E-state index in [1.54, 1.807) is 4.57 Å². The van der Waals surface area contributed by atoms with Crippen LogP contribution >= 0.6 is 0 Å². The molecule has 0 saturated carbocycles. The minimum Gasteiger partial charge on any atom is -0.310 e. The highest BCUT2D eigenvalue weighted by molar-refractivity contribution is 7.00. The molecule has 0 N–H and O–H groups in total. The molecule has 0 amide bonds. The molecule has 2 aliphatic heterocycles. The molecule has 0 spiro atoms. The molecule has 16 rings (SSSR count). The second kappa shape index (κ2) is 27.5. The Labute approximate surface area is 692 Å². The number of anilines is 6. The lowest BCUT2D eigenvalue weighted by Gasteiger charge is -2.46. The second-order valence-electron chi connectivity index (χ2n) is 40.5. The van der Waals surface area contributed by atoms with E-state index in [2.05, 4.69) is 382 Å². The van der Waals surface area contributed by atoms with Crippen molar-refractivity contribution in [2.75, 3.05) is 9.80 Å². The van der Waals surface area contributed by atoms with E-state index < -0.39 is 59.2 Å². The summed E-state index contributed by atoms with van der Waals surface area (Å²) >= 11 is 0. The Balaban J connectivity index is 1.19. The van der Waals surface area contributed by atoms with Gasteiger partial charge in [-0.1, -0.05) is 348 Å². The van der Waals surface area contributed by atoms with Gasteiger partial charge in [-0.3, -0.25) is 4.98 Å². The molecule has 0 fully saturated rings. The maximum Gasteiger partial charge on any atom is 0.252 e. The van der Waals surface area contributed by atoms with E-state index in [1.165, 1.54) is 27.8 Å². The van der Waals surface area contributed by atoms with Crippen molar-refractivity contribution in [3.05, 3.63) is 305 Å². The largest absolute Gasteiger partial charge is 0.310 e. The van der Waals surface area contributed by atoms with Crippen molar-refractivity contribution in [3.8, 4) is 72.4 Å². The fourth-order valence-electron chi connectivity index (χ4n) is 16.7. The molecule has 0 unspecified atom stereocenters. The molecule has 14 aromatic rings. The highest BCUT2D eigenvalue weighted by atomic mass is 15.2. The summed E-state index contributed by atoms with van der Waals surface area (Å²) in [6.07, 6.45) is 0. The van der Waals surface area contributed by atoms with Crippen LogP contribution in [-0.2, 0) is 43.3 Å². The molecule has 0 aliphatic carbocycles. The van der Waals surface area contributed by atoms with E-state index in [0.717, 1.165) is 134 Å². The fraction of sp³-hybridized carbons (Fsp3) is 0.294. The zero-order valence-electron chi connectivity index (χ0n) is 79.6. The minimum absolute atomic E-state index is 0.00719. The molecule has 0 saturated heterocycles. The van der Waals surface area contributed by atoms with E-state index in [1.807, 2.05) is 6.07 Å². The lowest BCUT2D eigenvalue weighted by Crippen LogP contribution is -2.61. The lowest BCUT2D eigenvalue weighted by molar-refractivity contribution is 0.531. The number of hydrogen-bond acceptors (Lipinski definition) is 3. The van der Waals surface area contributed by atoms with Crippen LogP contribution in [0, 0.1) is 0 Å². The molecule has 0 radical (unpaired) electrons. The number of aromatic nitrogens is 2. The van der Waals surface area contributed by atoms with Crippen molar-refractivity contribution in [2.45, 2.75) is 209 Å². The van der Waals surface area contributed by atoms with Crippen molar-refractivity contribution in [1.29, 1.82) is 0 Å². The fourth-order valence-corrected chi connectivity index (χ4v) is 16.7. The Hall–Kier alpha value is -10.7. The van der Waals surface area contributed by atoms with Crippen LogP contribution in [0.1, 0.15) is 222 Å². The highest BCUT2D eigenvalue weighted by Crippen LogP contribution is 2.57. The van der Waals surface area contributed by atoms with Crippen LogP contribution < -0.4 is 26.2 Å². The molecule has 12 aromatic carbocycles. The van der Waals surface area contributed by atoms with E-state index >= 15 is 0 Å². The maximum absolute atomic E-state index is 10.1. The van der Waals surface area contributed by atoms with Crippen LogP contribution in [0.3, 0.4) is 0 Å². The van der Waals surface area contributed by atoms with Crippen molar-refractivity contribution in [3.63, 3.8) is 0 Å². The van der Waals surface area contributed by atoms with Crippen molar-refractivity contribution in [2.24, 2.45) is 0 Å². The van der Waals surface area contributed by atoms with Gasteiger partial charge in [0.15, 0.2) is 0 Å². The molecule has 5 heteroatoms. The molecule has 114 heavy (non-hydrogen) atoms. The Morgan fingerprint density at radius 1 is 0.272 bits per heavy atom. The predicted molar refractivity (Wildman–Crippen MR) is 495 cm³/mol. The Morgan fingerprint density at radius 2 is 0.588 bits per heavy atom. The topological polar surface area (TPSA) is 24.3 Å². The van der Waals surface area contributed by atoms with Gasteiger partial charge in [-0.2, -0.15) is 0 Å². The monoisotopic (exact) mass is 1500 g/mol. The van der Waals surface area contributed by atoms with Crippen LogP contribution in [0.4, 0.5) is 34.1 Å². The smallest absolute Gasteiger partial charge is 0.252 e. The van der Waals surface area contributed by atoms with Gasteiger partial charge in [0.1, 0.15) is 0 Å². The van der Waals surface area contributed by atoms with E-state index in [-0.39, 0.29) is 61.0 Å². The maximum atomic E-state index is 10.1. The van der Waals surface area contributed by atoms with E-state index in [0.29, 0.717) is 5.69 Å². The summed E-state index contributed by atoms with van der Waals surface area (Å²) in [4.78, 5) is 10.8. The average molecular weight is 1500 g/mol. The van der Waals surface area contributed by atoms with Gasteiger partial charge in [-0.15, -0.1) is 0 Å². The number of para-hydroxylation sites is 2. The number of benzene rings is 12. The molecular formula is C109H115BN4. The Morgan fingerprint density at radius 3 is 0.956 bits per heavy atom. The van der Waals surface area contributed by atoms with Gasteiger partial charge < -0.3 is 14.4 Å². The minimum atomic E-state index is -0.549. The zero-order valence-corrected chi connectivity index (χ0v) is 71.6. The van der Waals surface area contributed by atoms with Gasteiger partial charge in [0.2, 0.25) is 0 Å². The molecule has 2 aromatic heterocycles. The second-order valence-corrected chi connectivity index (χ2v) is 40.5. The highest BCUT2D eigenvalue weighted by Gasteiger charge is 2.47. The summed E-state index contributed by atoms with van der Waals surface area (Å²) in [5, 5.41) is 0.0144. The standard InChI is InChI=1S/C109H115BN4/c1-102(2,3)76-52-72(53-77(61-76)103(4,5)6)71-48-50-89-93(56-71)113(100-85(68-38-28-25-29-39-68)63-80(106(13,14)15)64-86(100)69-40-30-26-31-41-69)95-57-74(73-54-78(104(7,8)9)62-79(55-73)105(10,11)12)58-96-99(95)110(89)90-51-49-82(112-91-46-36-34-44-83(91)84-45-35-37-47-92(84)112)67-94(90)114(96)101-87(70-42-32-27-33-43-70)65-81(107(16,17)18)66-88(101)75-59-97(108(19,20)21)111-98(60-75)109(22,23)24/h25-67H,1-24H3/i34D,35D,36D,37D,44D,45D,46D,47D. The summed E-state index contributed by atoms with van der Waals surface area (Å²) in [6, 6.07) is 76.5. The van der Waals surface area contributed by atoms with Gasteiger partial charge in [-0.25, -0.2) is 0 Å². The van der Waals surface area contributed by atoms with Crippen LogP contribution in [0.2, 0.25) is 0 Å². The third-order valence-corrected chi connectivity index (χ3v) is 23.7. The SMILES string of the molecule is [2H]c1c([2H])c([2H])c2c(c1[2H])c1c([2H])c([2H])c([2H])c([2H])c1n2-c1ccc2c(c1)N(c1c(-c3ccccc3)cc(C(C)(C)C)cc1-c1cc(C(C)(C)C)nc(C(C)(C)C)c1)c1cc(-c3cc(C(C)(C)C)cc(C(C)(C)C)c3)cc3c1B2c1ccc(-c2cc(C(C)(C)C)cc(C(C)(C)C)c2)cc1N3c1c(-c2ccccc2)cc(C(C)(C)C)cc1-c1ccccc1. The third kappa shape index (κ3) is 14.0. The molecular weight excluding hydrogens is 1380 g/mol.